The summed E-state index contributed by atoms with van der Waals surface area (Å²) in [4.78, 5) is 20.4. The second-order valence-electron chi connectivity index (χ2n) is 5.61. The largest absolute Gasteiger partial charge is 0.365 e. The molecule has 1 amide bonds. The smallest absolute Gasteiger partial charge is 0.274 e. The standard InChI is InChI=1S/C16H20N6O/c1-21-8-10-22(11-9-21)16(23)14-2-3-15(20-19-14)18-12-13-4-6-17-7-5-13/h2-7H,8-12H2,1H3,(H,18,20). The number of nitrogens with zero attached hydrogens (tertiary/aromatic N) is 5. The number of anilines is 1. The highest BCUT2D eigenvalue weighted by Crippen LogP contribution is 2.09. The van der Waals surface area contributed by atoms with E-state index in [1.54, 1.807) is 24.5 Å². The van der Waals surface area contributed by atoms with Gasteiger partial charge in [-0.3, -0.25) is 9.78 Å². The van der Waals surface area contributed by atoms with E-state index in [2.05, 4.69) is 32.4 Å². The summed E-state index contributed by atoms with van der Waals surface area (Å²) in [6.45, 7) is 3.90. The van der Waals surface area contributed by atoms with Crippen LogP contribution in [0.4, 0.5) is 5.82 Å². The van der Waals surface area contributed by atoms with Crippen LogP contribution in [0.3, 0.4) is 0 Å². The fourth-order valence-corrected chi connectivity index (χ4v) is 2.41. The Morgan fingerprint density at radius 3 is 2.48 bits per heavy atom. The molecule has 3 heterocycles. The van der Waals surface area contributed by atoms with Crippen LogP contribution in [-0.4, -0.2) is 64.1 Å². The number of hydrogen-bond acceptors (Lipinski definition) is 6. The first-order chi connectivity index (χ1) is 11.2. The van der Waals surface area contributed by atoms with Gasteiger partial charge in [0.05, 0.1) is 0 Å². The number of amides is 1. The minimum Gasteiger partial charge on any atom is -0.365 e. The Morgan fingerprint density at radius 1 is 1.09 bits per heavy atom. The van der Waals surface area contributed by atoms with E-state index < -0.39 is 0 Å². The summed E-state index contributed by atoms with van der Waals surface area (Å²) in [5.74, 6) is 0.600. The third-order valence-electron chi connectivity index (χ3n) is 3.90. The maximum absolute atomic E-state index is 12.4. The lowest BCUT2D eigenvalue weighted by atomic mass is 10.2. The average molecular weight is 312 g/mol. The van der Waals surface area contributed by atoms with Crippen LogP contribution in [0.25, 0.3) is 0 Å². The fraction of sp³-hybridized carbons (Fsp3) is 0.375. The Kier molecular flexibility index (Phi) is 4.77. The molecule has 0 bridgehead atoms. The molecule has 2 aromatic rings. The van der Waals surface area contributed by atoms with E-state index in [4.69, 9.17) is 0 Å². The summed E-state index contributed by atoms with van der Waals surface area (Å²) >= 11 is 0. The predicted molar refractivity (Wildman–Crippen MR) is 87.0 cm³/mol. The second-order valence-corrected chi connectivity index (χ2v) is 5.61. The van der Waals surface area contributed by atoms with Gasteiger partial charge in [-0.25, -0.2) is 0 Å². The molecule has 7 nitrogen and oxygen atoms in total. The highest BCUT2D eigenvalue weighted by Gasteiger charge is 2.21. The highest BCUT2D eigenvalue weighted by molar-refractivity contribution is 5.92. The first kappa shape index (κ1) is 15.4. The SMILES string of the molecule is CN1CCN(C(=O)c2ccc(NCc3ccncc3)nn2)CC1. The molecule has 1 fully saturated rings. The van der Waals surface area contributed by atoms with E-state index in [0.717, 1.165) is 31.7 Å². The monoisotopic (exact) mass is 312 g/mol. The highest BCUT2D eigenvalue weighted by atomic mass is 16.2. The quantitative estimate of drug-likeness (QED) is 0.903. The number of rotatable bonds is 4. The third-order valence-corrected chi connectivity index (χ3v) is 3.90. The summed E-state index contributed by atoms with van der Waals surface area (Å²) in [5, 5.41) is 11.3. The lowest BCUT2D eigenvalue weighted by Crippen LogP contribution is -2.47. The number of pyridine rings is 1. The van der Waals surface area contributed by atoms with E-state index in [1.807, 2.05) is 17.0 Å². The van der Waals surface area contributed by atoms with Crippen molar-refractivity contribution in [1.82, 2.24) is 25.0 Å². The molecule has 0 saturated carbocycles. The normalized spacial score (nSPS) is 15.4. The van der Waals surface area contributed by atoms with Crippen LogP contribution in [0.2, 0.25) is 0 Å². The van der Waals surface area contributed by atoms with Crippen molar-refractivity contribution in [2.75, 3.05) is 38.5 Å². The number of likely N-dealkylation sites (N-methyl/N-ethyl adjacent to an activating group) is 1. The molecule has 7 heteroatoms. The van der Waals surface area contributed by atoms with Crippen molar-refractivity contribution in [3.63, 3.8) is 0 Å². The van der Waals surface area contributed by atoms with Gasteiger partial charge in [0.15, 0.2) is 5.69 Å². The molecule has 1 aliphatic heterocycles. The topological polar surface area (TPSA) is 74.2 Å². The van der Waals surface area contributed by atoms with E-state index in [1.165, 1.54) is 0 Å². The van der Waals surface area contributed by atoms with Gasteiger partial charge in [0.25, 0.3) is 5.91 Å². The molecule has 3 rings (SSSR count). The summed E-state index contributed by atoms with van der Waals surface area (Å²) in [6, 6.07) is 7.39. The molecule has 120 valence electrons. The van der Waals surface area contributed by atoms with Crippen molar-refractivity contribution >= 4 is 11.7 Å². The Morgan fingerprint density at radius 2 is 1.83 bits per heavy atom. The lowest BCUT2D eigenvalue weighted by Gasteiger charge is -2.32. The van der Waals surface area contributed by atoms with Gasteiger partial charge in [-0.1, -0.05) is 0 Å². The van der Waals surface area contributed by atoms with Crippen molar-refractivity contribution < 1.29 is 4.79 Å². The van der Waals surface area contributed by atoms with Crippen molar-refractivity contribution in [3.8, 4) is 0 Å². The van der Waals surface area contributed by atoms with Gasteiger partial charge in [0.1, 0.15) is 5.82 Å². The van der Waals surface area contributed by atoms with Gasteiger partial charge in [0.2, 0.25) is 0 Å². The van der Waals surface area contributed by atoms with Gasteiger partial charge in [0, 0.05) is 45.1 Å². The first-order valence-electron chi connectivity index (χ1n) is 7.67. The third kappa shape index (κ3) is 4.01. The van der Waals surface area contributed by atoms with Crippen molar-refractivity contribution in [2.24, 2.45) is 0 Å². The number of piperazine rings is 1. The van der Waals surface area contributed by atoms with Crippen LogP contribution in [0.15, 0.2) is 36.7 Å². The molecule has 2 aromatic heterocycles. The zero-order valence-electron chi connectivity index (χ0n) is 13.1. The second kappa shape index (κ2) is 7.15. The van der Waals surface area contributed by atoms with Crippen molar-refractivity contribution in [1.29, 1.82) is 0 Å². The van der Waals surface area contributed by atoms with Gasteiger partial charge < -0.3 is 15.1 Å². The summed E-state index contributed by atoms with van der Waals surface area (Å²) < 4.78 is 0. The molecule has 0 aromatic carbocycles. The minimum atomic E-state index is -0.0497. The molecule has 0 aliphatic carbocycles. The molecule has 0 atom stereocenters. The van der Waals surface area contributed by atoms with Crippen molar-refractivity contribution in [3.05, 3.63) is 47.9 Å². The maximum atomic E-state index is 12.4. The van der Waals surface area contributed by atoms with Crippen LogP contribution in [-0.2, 0) is 6.54 Å². The summed E-state index contributed by atoms with van der Waals surface area (Å²) in [7, 11) is 2.06. The zero-order chi connectivity index (χ0) is 16.1. The minimum absolute atomic E-state index is 0.0497. The van der Waals surface area contributed by atoms with Gasteiger partial charge in [-0.15, -0.1) is 10.2 Å². The average Bonchev–Trinajstić information content (AvgIpc) is 2.61. The maximum Gasteiger partial charge on any atom is 0.274 e. The van der Waals surface area contributed by atoms with Crippen LogP contribution in [0, 0.1) is 0 Å². The number of nitrogens with one attached hydrogen (secondary N) is 1. The van der Waals surface area contributed by atoms with Crippen LogP contribution in [0.5, 0.6) is 0 Å². The Labute approximate surface area is 135 Å². The van der Waals surface area contributed by atoms with E-state index >= 15 is 0 Å². The van der Waals surface area contributed by atoms with E-state index in [-0.39, 0.29) is 5.91 Å². The summed E-state index contributed by atoms with van der Waals surface area (Å²) in [5.41, 5.74) is 1.50. The van der Waals surface area contributed by atoms with Gasteiger partial charge >= 0.3 is 0 Å². The van der Waals surface area contributed by atoms with Crippen molar-refractivity contribution in [2.45, 2.75) is 6.54 Å². The molecular formula is C16H20N6O. The zero-order valence-corrected chi connectivity index (χ0v) is 13.1. The molecule has 0 radical (unpaired) electrons. The Hall–Kier alpha value is -2.54. The van der Waals surface area contributed by atoms with E-state index in [9.17, 15) is 4.79 Å². The number of carbonyl (C=O) groups is 1. The lowest BCUT2D eigenvalue weighted by molar-refractivity contribution is 0.0657. The molecule has 1 aliphatic rings. The molecule has 0 spiro atoms. The molecule has 1 saturated heterocycles. The van der Waals surface area contributed by atoms with Gasteiger partial charge in [-0.05, 0) is 36.9 Å². The first-order valence-corrected chi connectivity index (χ1v) is 7.67. The predicted octanol–water partition coefficient (Wildman–Crippen LogP) is 0.871. The van der Waals surface area contributed by atoms with Crippen LogP contribution < -0.4 is 5.32 Å². The van der Waals surface area contributed by atoms with Crippen LogP contribution >= 0.6 is 0 Å². The Balaban J connectivity index is 1.57. The molecular weight excluding hydrogens is 292 g/mol. The molecule has 1 N–H and O–H groups in total. The number of hydrogen-bond donors (Lipinski definition) is 1. The van der Waals surface area contributed by atoms with Crippen LogP contribution in [0.1, 0.15) is 16.1 Å². The van der Waals surface area contributed by atoms with E-state index in [0.29, 0.717) is 18.1 Å². The number of carbonyl (C=O) groups excluding carboxylic acids is 1. The molecule has 23 heavy (non-hydrogen) atoms. The Bertz CT molecular complexity index is 637. The van der Waals surface area contributed by atoms with Gasteiger partial charge in [-0.2, -0.15) is 0 Å². The summed E-state index contributed by atoms with van der Waals surface area (Å²) in [6.07, 6.45) is 3.50. The number of aromatic nitrogens is 3. The fourth-order valence-electron chi connectivity index (χ4n) is 2.41. The molecule has 0 unspecified atom stereocenters.